The van der Waals surface area contributed by atoms with Crippen LogP contribution in [0.4, 0.5) is 4.79 Å². The number of benzene rings is 1. The first-order valence-corrected chi connectivity index (χ1v) is 10.6. The minimum atomic E-state index is -0.562. The summed E-state index contributed by atoms with van der Waals surface area (Å²) in [7, 11) is 0. The van der Waals surface area contributed by atoms with E-state index in [1.54, 1.807) is 30.0 Å². The molecule has 1 fully saturated rings. The lowest BCUT2D eigenvalue weighted by Gasteiger charge is -2.32. The highest BCUT2D eigenvalue weighted by atomic mass is 35.5. The maximum Gasteiger partial charge on any atom is 0.410 e. The molecule has 7 nitrogen and oxygen atoms in total. The van der Waals surface area contributed by atoms with Gasteiger partial charge < -0.3 is 19.7 Å². The summed E-state index contributed by atoms with van der Waals surface area (Å²) in [6.45, 7) is 7.65. The molecular formula is C21H28Cl2N2O5. The standard InChI is InChI=1S/C21H28Cl2N2O5/c1-13(16-6-5-15(22)11-17(16)23)24-18(26)12-29-19(27)14-7-9-25(10-8-14)20(28)30-21(2,3)4/h5-6,11,13-14H,7-10,12H2,1-4H3,(H,24,26). The SMILES string of the molecule is CC(NC(=O)COC(=O)C1CCN(C(=O)OC(C)(C)C)CC1)c1ccc(Cl)cc1Cl. The molecule has 166 valence electrons. The molecule has 9 heteroatoms. The van der Waals surface area contributed by atoms with E-state index < -0.39 is 17.5 Å². The predicted molar refractivity (Wildman–Crippen MR) is 115 cm³/mol. The van der Waals surface area contributed by atoms with E-state index in [4.69, 9.17) is 32.7 Å². The number of nitrogens with zero attached hydrogens (tertiary/aromatic N) is 1. The van der Waals surface area contributed by atoms with Crippen molar-refractivity contribution in [3.8, 4) is 0 Å². The quantitative estimate of drug-likeness (QED) is 0.662. The third kappa shape index (κ3) is 7.36. The van der Waals surface area contributed by atoms with Gasteiger partial charge in [0.05, 0.1) is 12.0 Å². The number of hydrogen-bond donors (Lipinski definition) is 1. The number of amides is 2. The van der Waals surface area contributed by atoms with E-state index in [0.717, 1.165) is 5.56 Å². The fraction of sp³-hybridized carbons (Fsp3) is 0.571. The number of piperidine rings is 1. The van der Waals surface area contributed by atoms with Gasteiger partial charge in [-0.3, -0.25) is 9.59 Å². The van der Waals surface area contributed by atoms with Gasteiger partial charge in [0.15, 0.2) is 6.61 Å². The third-order valence-corrected chi connectivity index (χ3v) is 5.19. The Hall–Kier alpha value is -1.99. The average Bonchev–Trinajstić information content (AvgIpc) is 2.64. The number of carbonyl (C=O) groups excluding carboxylic acids is 3. The number of nitrogens with one attached hydrogen (secondary N) is 1. The molecule has 0 saturated carbocycles. The Morgan fingerprint density at radius 1 is 1.20 bits per heavy atom. The highest BCUT2D eigenvalue weighted by molar-refractivity contribution is 6.35. The van der Waals surface area contributed by atoms with E-state index in [0.29, 0.717) is 36.0 Å². The third-order valence-electron chi connectivity index (χ3n) is 4.63. The Morgan fingerprint density at radius 3 is 2.40 bits per heavy atom. The zero-order valence-corrected chi connectivity index (χ0v) is 19.2. The molecule has 1 N–H and O–H groups in total. The molecule has 1 aliphatic heterocycles. The van der Waals surface area contributed by atoms with Crippen molar-refractivity contribution in [1.29, 1.82) is 0 Å². The molecule has 1 aromatic carbocycles. The normalized spacial score (nSPS) is 16.0. The summed E-state index contributed by atoms with van der Waals surface area (Å²) in [5.41, 5.74) is 0.156. The summed E-state index contributed by atoms with van der Waals surface area (Å²) in [4.78, 5) is 38.1. The van der Waals surface area contributed by atoms with Crippen LogP contribution < -0.4 is 5.32 Å². The highest BCUT2D eigenvalue weighted by Gasteiger charge is 2.31. The fourth-order valence-corrected chi connectivity index (χ4v) is 3.66. The van der Waals surface area contributed by atoms with Gasteiger partial charge in [0, 0.05) is 23.1 Å². The van der Waals surface area contributed by atoms with Crippen molar-refractivity contribution in [2.24, 2.45) is 5.92 Å². The van der Waals surface area contributed by atoms with E-state index in [1.807, 2.05) is 20.8 Å². The topological polar surface area (TPSA) is 84.9 Å². The first-order valence-electron chi connectivity index (χ1n) is 9.85. The van der Waals surface area contributed by atoms with Crippen molar-refractivity contribution in [1.82, 2.24) is 10.2 Å². The van der Waals surface area contributed by atoms with Gasteiger partial charge in [0.2, 0.25) is 0 Å². The summed E-state index contributed by atoms with van der Waals surface area (Å²) >= 11 is 12.0. The van der Waals surface area contributed by atoms with Crippen LogP contribution in [-0.2, 0) is 19.1 Å². The molecule has 2 rings (SSSR count). The summed E-state index contributed by atoms with van der Waals surface area (Å²) in [5, 5.41) is 3.70. The molecule has 0 radical (unpaired) electrons. The second-order valence-corrected chi connectivity index (χ2v) is 9.15. The zero-order valence-electron chi connectivity index (χ0n) is 17.7. The Balaban J connectivity index is 1.75. The number of esters is 1. The lowest BCUT2D eigenvalue weighted by molar-refractivity contribution is -0.154. The minimum Gasteiger partial charge on any atom is -0.455 e. The highest BCUT2D eigenvalue weighted by Crippen LogP contribution is 2.26. The van der Waals surface area contributed by atoms with Crippen LogP contribution in [0.2, 0.25) is 10.0 Å². The monoisotopic (exact) mass is 458 g/mol. The number of likely N-dealkylation sites (tertiary alicyclic amines) is 1. The van der Waals surface area contributed by atoms with Gasteiger partial charge in [0.25, 0.3) is 5.91 Å². The number of halogens is 2. The number of ether oxygens (including phenoxy) is 2. The second-order valence-electron chi connectivity index (χ2n) is 8.30. The van der Waals surface area contributed by atoms with Crippen LogP contribution >= 0.6 is 23.2 Å². The van der Waals surface area contributed by atoms with Gasteiger partial charge in [-0.05, 0) is 58.2 Å². The Bertz CT molecular complexity index is 786. The van der Waals surface area contributed by atoms with E-state index in [-0.39, 0.29) is 24.7 Å². The van der Waals surface area contributed by atoms with Crippen LogP contribution in [0, 0.1) is 5.92 Å². The van der Waals surface area contributed by atoms with Gasteiger partial charge >= 0.3 is 12.1 Å². The molecule has 0 bridgehead atoms. The van der Waals surface area contributed by atoms with Crippen LogP contribution in [0.1, 0.15) is 52.1 Å². The van der Waals surface area contributed by atoms with Gasteiger partial charge in [0.1, 0.15) is 5.60 Å². The zero-order chi connectivity index (χ0) is 22.5. The molecule has 2 amide bonds. The van der Waals surface area contributed by atoms with Crippen LogP contribution in [0.15, 0.2) is 18.2 Å². The first kappa shape index (κ1) is 24.3. The smallest absolute Gasteiger partial charge is 0.410 e. The van der Waals surface area contributed by atoms with Gasteiger partial charge in [-0.15, -0.1) is 0 Å². The lowest BCUT2D eigenvalue weighted by Crippen LogP contribution is -2.43. The van der Waals surface area contributed by atoms with Crippen molar-refractivity contribution in [3.05, 3.63) is 33.8 Å². The Labute approximate surface area is 187 Å². The lowest BCUT2D eigenvalue weighted by atomic mass is 9.97. The summed E-state index contributed by atoms with van der Waals surface area (Å²) in [5.74, 6) is -1.21. The van der Waals surface area contributed by atoms with Crippen molar-refractivity contribution < 1.29 is 23.9 Å². The fourth-order valence-electron chi connectivity index (χ4n) is 3.09. The maximum absolute atomic E-state index is 12.3. The molecule has 1 heterocycles. The molecule has 1 unspecified atom stereocenters. The molecule has 1 aliphatic rings. The Kier molecular flexibility index (Phi) is 8.38. The van der Waals surface area contributed by atoms with Crippen LogP contribution in [0.5, 0.6) is 0 Å². The molecule has 1 atom stereocenters. The maximum atomic E-state index is 12.3. The van der Waals surface area contributed by atoms with E-state index in [2.05, 4.69) is 5.32 Å². The van der Waals surface area contributed by atoms with Crippen LogP contribution in [-0.4, -0.2) is 48.2 Å². The van der Waals surface area contributed by atoms with Crippen LogP contribution in [0.3, 0.4) is 0 Å². The molecule has 0 spiro atoms. The van der Waals surface area contributed by atoms with Crippen molar-refractivity contribution in [2.45, 2.75) is 52.2 Å². The molecule has 1 aromatic rings. The number of carbonyl (C=O) groups is 3. The molecule has 0 aromatic heterocycles. The van der Waals surface area contributed by atoms with E-state index >= 15 is 0 Å². The van der Waals surface area contributed by atoms with Gasteiger partial charge in [-0.2, -0.15) is 0 Å². The van der Waals surface area contributed by atoms with Crippen molar-refractivity contribution >= 4 is 41.2 Å². The Morgan fingerprint density at radius 2 is 1.83 bits per heavy atom. The van der Waals surface area contributed by atoms with Crippen molar-refractivity contribution in [3.63, 3.8) is 0 Å². The first-order chi connectivity index (χ1) is 14.0. The average molecular weight is 459 g/mol. The summed E-state index contributed by atoms with van der Waals surface area (Å²) < 4.78 is 10.5. The molecule has 30 heavy (non-hydrogen) atoms. The molecular weight excluding hydrogens is 431 g/mol. The molecule has 0 aliphatic carbocycles. The second kappa shape index (κ2) is 10.4. The minimum absolute atomic E-state index is 0.348. The number of hydrogen-bond acceptors (Lipinski definition) is 5. The van der Waals surface area contributed by atoms with Crippen LogP contribution in [0.25, 0.3) is 0 Å². The molecule has 1 saturated heterocycles. The summed E-state index contributed by atoms with van der Waals surface area (Å²) in [6, 6.07) is 4.66. The predicted octanol–water partition coefficient (Wildman–Crippen LogP) is 4.36. The van der Waals surface area contributed by atoms with E-state index in [9.17, 15) is 14.4 Å². The van der Waals surface area contributed by atoms with E-state index in [1.165, 1.54) is 0 Å². The number of rotatable bonds is 5. The largest absolute Gasteiger partial charge is 0.455 e. The van der Waals surface area contributed by atoms with Gasteiger partial charge in [-0.1, -0.05) is 29.3 Å². The van der Waals surface area contributed by atoms with Crippen molar-refractivity contribution in [2.75, 3.05) is 19.7 Å². The summed E-state index contributed by atoms with van der Waals surface area (Å²) in [6.07, 6.45) is 0.552. The van der Waals surface area contributed by atoms with Gasteiger partial charge in [-0.25, -0.2) is 4.79 Å².